The van der Waals surface area contributed by atoms with Gasteiger partial charge in [0, 0.05) is 49.6 Å². The Labute approximate surface area is 154 Å². The number of fused-ring (bicyclic) bond motifs is 3. The summed E-state index contributed by atoms with van der Waals surface area (Å²) in [6, 6.07) is 5.56. The number of benzene rings is 1. The molecule has 0 radical (unpaired) electrons. The van der Waals surface area contributed by atoms with Gasteiger partial charge < -0.3 is 24.2 Å². The smallest absolute Gasteiger partial charge is 0.254 e. The van der Waals surface area contributed by atoms with E-state index in [0.717, 1.165) is 17.7 Å². The van der Waals surface area contributed by atoms with Crippen LogP contribution < -0.4 is 4.74 Å². The Bertz CT molecular complexity index is 693. The molecule has 3 aliphatic heterocycles. The van der Waals surface area contributed by atoms with Crippen molar-refractivity contribution in [1.29, 1.82) is 0 Å². The first-order valence-corrected chi connectivity index (χ1v) is 9.38. The van der Waals surface area contributed by atoms with Crippen molar-refractivity contribution in [2.24, 2.45) is 11.8 Å². The number of piperidine rings is 1. The van der Waals surface area contributed by atoms with Gasteiger partial charge in [-0.2, -0.15) is 0 Å². The summed E-state index contributed by atoms with van der Waals surface area (Å²) in [7, 11) is 1.62. The molecule has 1 amide bonds. The van der Waals surface area contributed by atoms with Crippen LogP contribution in [0.15, 0.2) is 18.2 Å². The van der Waals surface area contributed by atoms with Crippen LogP contribution in [-0.4, -0.2) is 67.6 Å². The zero-order chi connectivity index (χ0) is 18.3. The van der Waals surface area contributed by atoms with Crippen molar-refractivity contribution in [3.05, 3.63) is 29.3 Å². The minimum absolute atomic E-state index is 0.0112. The Kier molecular flexibility index (Phi) is 4.67. The van der Waals surface area contributed by atoms with Crippen molar-refractivity contribution in [1.82, 2.24) is 4.90 Å². The summed E-state index contributed by atoms with van der Waals surface area (Å²) in [5, 5.41) is 11.4. The second kappa shape index (κ2) is 6.83. The molecule has 0 aromatic heterocycles. The highest BCUT2D eigenvalue weighted by atomic mass is 16.5. The highest BCUT2D eigenvalue weighted by molar-refractivity contribution is 5.96. The molecule has 6 nitrogen and oxygen atoms in total. The molecule has 4 rings (SSSR count). The molecular formula is C20H27NO5. The quantitative estimate of drug-likeness (QED) is 0.867. The van der Waals surface area contributed by atoms with E-state index in [1.165, 1.54) is 0 Å². The third-order valence-corrected chi connectivity index (χ3v) is 6.38. The fourth-order valence-electron chi connectivity index (χ4n) is 4.85. The van der Waals surface area contributed by atoms with E-state index >= 15 is 0 Å². The first kappa shape index (κ1) is 17.8. The van der Waals surface area contributed by atoms with Crippen molar-refractivity contribution in [3.63, 3.8) is 0 Å². The highest BCUT2D eigenvalue weighted by Gasteiger charge is 2.56. The van der Waals surface area contributed by atoms with Gasteiger partial charge in [-0.1, -0.05) is 0 Å². The second-order valence-electron chi connectivity index (χ2n) is 7.69. The van der Waals surface area contributed by atoms with Crippen molar-refractivity contribution in [2.45, 2.75) is 31.4 Å². The lowest BCUT2D eigenvalue weighted by molar-refractivity contribution is -0.212. The lowest BCUT2D eigenvalue weighted by atomic mass is 9.66. The number of likely N-dealkylation sites (tertiary alicyclic amines) is 1. The molecule has 1 aromatic rings. The summed E-state index contributed by atoms with van der Waals surface area (Å²) in [4.78, 5) is 15.3. The number of aryl methyl sites for hydroxylation is 1. The molecule has 1 aromatic carbocycles. The van der Waals surface area contributed by atoms with Crippen LogP contribution in [0.1, 0.15) is 28.8 Å². The number of hydrogen-bond donors (Lipinski definition) is 1. The minimum atomic E-state index is -0.797. The van der Waals surface area contributed by atoms with Gasteiger partial charge in [0.05, 0.1) is 25.9 Å². The first-order chi connectivity index (χ1) is 12.5. The average Bonchev–Trinajstić information content (AvgIpc) is 2.67. The lowest BCUT2D eigenvalue weighted by Crippen LogP contribution is -2.68. The third-order valence-electron chi connectivity index (χ3n) is 6.38. The molecule has 0 spiro atoms. The Morgan fingerprint density at radius 1 is 1.31 bits per heavy atom. The van der Waals surface area contributed by atoms with Crippen molar-refractivity contribution in [2.75, 3.05) is 40.1 Å². The molecule has 4 atom stereocenters. The molecule has 0 unspecified atom stereocenters. The summed E-state index contributed by atoms with van der Waals surface area (Å²) in [5.41, 5.74) is 0.798. The summed E-state index contributed by atoms with van der Waals surface area (Å²) >= 11 is 0. The Hall–Kier alpha value is -1.63. The van der Waals surface area contributed by atoms with E-state index < -0.39 is 5.60 Å². The number of carbonyl (C=O) groups is 1. The van der Waals surface area contributed by atoms with Gasteiger partial charge in [-0.25, -0.2) is 0 Å². The van der Waals surface area contributed by atoms with Gasteiger partial charge in [0.2, 0.25) is 0 Å². The Morgan fingerprint density at radius 3 is 2.88 bits per heavy atom. The van der Waals surface area contributed by atoms with Gasteiger partial charge >= 0.3 is 0 Å². The SMILES string of the molecule is COc1ccc(C(=O)N2C[C@H]3COCC[C@@]3(O)[C@@H]3COCC[C@@H]32)c(C)c1. The standard InChI is InChI=1S/C20H27NO5/c1-13-9-15(24-2)3-4-16(13)19(22)21-10-14-11-26-8-6-20(14,23)17-12-25-7-5-18(17)21/h3-4,9,14,17-18,23H,5-8,10-12H2,1-2H3/t14-,17+,18-,20-/m0/s1. The fourth-order valence-corrected chi connectivity index (χ4v) is 4.85. The molecule has 6 heteroatoms. The third kappa shape index (κ3) is 2.80. The van der Waals surface area contributed by atoms with Crippen LogP contribution in [0.25, 0.3) is 0 Å². The summed E-state index contributed by atoms with van der Waals surface area (Å²) in [5.74, 6) is 0.648. The predicted octanol–water partition coefficient (Wildman–Crippen LogP) is 1.63. The van der Waals surface area contributed by atoms with E-state index in [1.54, 1.807) is 7.11 Å². The predicted molar refractivity (Wildman–Crippen MR) is 95.4 cm³/mol. The highest BCUT2D eigenvalue weighted by Crippen LogP contribution is 2.44. The van der Waals surface area contributed by atoms with Gasteiger partial charge in [-0.15, -0.1) is 0 Å². The van der Waals surface area contributed by atoms with Crippen LogP contribution >= 0.6 is 0 Å². The first-order valence-electron chi connectivity index (χ1n) is 9.38. The number of nitrogens with zero attached hydrogens (tertiary/aromatic N) is 1. The van der Waals surface area contributed by atoms with Crippen molar-refractivity contribution < 1.29 is 24.1 Å². The second-order valence-corrected chi connectivity index (χ2v) is 7.69. The number of ether oxygens (including phenoxy) is 3. The van der Waals surface area contributed by atoms with Gasteiger partial charge in [0.15, 0.2) is 0 Å². The molecule has 0 saturated carbocycles. The molecule has 1 N–H and O–H groups in total. The van der Waals surface area contributed by atoms with E-state index in [-0.39, 0.29) is 23.8 Å². The van der Waals surface area contributed by atoms with Crippen molar-refractivity contribution in [3.8, 4) is 5.75 Å². The van der Waals surface area contributed by atoms with E-state index in [0.29, 0.717) is 45.0 Å². The molecule has 3 aliphatic rings. The number of aliphatic hydroxyl groups is 1. The number of amides is 1. The van der Waals surface area contributed by atoms with Crippen molar-refractivity contribution >= 4 is 5.91 Å². The fraction of sp³-hybridized carbons (Fsp3) is 0.650. The van der Waals surface area contributed by atoms with Crippen LogP contribution in [0.3, 0.4) is 0 Å². The number of carbonyl (C=O) groups excluding carboxylic acids is 1. The number of hydrogen-bond acceptors (Lipinski definition) is 5. The van der Waals surface area contributed by atoms with Crippen LogP contribution in [0.5, 0.6) is 5.75 Å². The number of methoxy groups -OCH3 is 1. The molecule has 3 fully saturated rings. The van der Waals surface area contributed by atoms with E-state index in [4.69, 9.17) is 14.2 Å². The van der Waals surface area contributed by atoms with Gasteiger partial charge in [-0.05, 0) is 37.1 Å². The summed E-state index contributed by atoms with van der Waals surface area (Å²) < 4.78 is 16.6. The Balaban J connectivity index is 1.66. The zero-order valence-corrected chi connectivity index (χ0v) is 15.4. The van der Waals surface area contributed by atoms with E-state index in [9.17, 15) is 9.90 Å². The molecule has 26 heavy (non-hydrogen) atoms. The van der Waals surface area contributed by atoms with Gasteiger partial charge in [0.1, 0.15) is 5.75 Å². The Morgan fingerprint density at radius 2 is 2.12 bits per heavy atom. The largest absolute Gasteiger partial charge is 0.497 e. The normalized spacial score (nSPS) is 34.0. The molecule has 0 bridgehead atoms. The maximum Gasteiger partial charge on any atom is 0.254 e. The molecule has 3 saturated heterocycles. The maximum absolute atomic E-state index is 13.4. The minimum Gasteiger partial charge on any atom is -0.497 e. The van der Waals surface area contributed by atoms with Crippen LogP contribution in [0.2, 0.25) is 0 Å². The molecule has 0 aliphatic carbocycles. The van der Waals surface area contributed by atoms with E-state index in [1.807, 2.05) is 30.0 Å². The van der Waals surface area contributed by atoms with Crippen LogP contribution in [0.4, 0.5) is 0 Å². The number of rotatable bonds is 2. The monoisotopic (exact) mass is 361 g/mol. The van der Waals surface area contributed by atoms with Crippen LogP contribution in [-0.2, 0) is 9.47 Å². The summed E-state index contributed by atoms with van der Waals surface area (Å²) in [6.07, 6.45) is 1.38. The maximum atomic E-state index is 13.4. The van der Waals surface area contributed by atoms with E-state index in [2.05, 4.69) is 0 Å². The molecule has 3 heterocycles. The average molecular weight is 361 g/mol. The van der Waals surface area contributed by atoms with Crippen LogP contribution in [0, 0.1) is 18.8 Å². The van der Waals surface area contributed by atoms with Gasteiger partial charge in [-0.3, -0.25) is 4.79 Å². The molecular weight excluding hydrogens is 334 g/mol. The van der Waals surface area contributed by atoms with Gasteiger partial charge in [0.25, 0.3) is 5.91 Å². The summed E-state index contributed by atoms with van der Waals surface area (Å²) in [6.45, 7) is 4.66. The molecule has 142 valence electrons. The zero-order valence-electron chi connectivity index (χ0n) is 15.4. The lowest BCUT2D eigenvalue weighted by Gasteiger charge is -2.57. The topological polar surface area (TPSA) is 68.2 Å².